The Morgan fingerprint density at radius 2 is 1.59 bits per heavy atom. The van der Waals surface area contributed by atoms with E-state index < -0.39 is 5.91 Å². The number of hydrogen-bond acceptors (Lipinski definition) is 4. The first-order valence-electron chi connectivity index (χ1n) is 9.48. The van der Waals surface area contributed by atoms with Crippen LogP contribution in [0.3, 0.4) is 0 Å². The van der Waals surface area contributed by atoms with Gasteiger partial charge in [-0.2, -0.15) is 0 Å². The average molecular weight is 387 g/mol. The van der Waals surface area contributed by atoms with Gasteiger partial charge >= 0.3 is 0 Å². The zero-order valence-electron chi connectivity index (χ0n) is 16.1. The molecule has 1 fully saturated rings. The lowest BCUT2D eigenvalue weighted by Crippen LogP contribution is -2.37. The molecule has 146 valence electrons. The highest BCUT2D eigenvalue weighted by atomic mass is 16.6. The molecule has 0 bridgehead atoms. The summed E-state index contributed by atoms with van der Waals surface area (Å²) < 4.78 is 11.0. The van der Waals surface area contributed by atoms with Crippen molar-refractivity contribution in [3.8, 4) is 5.75 Å². The molecule has 29 heavy (non-hydrogen) atoms. The van der Waals surface area contributed by atoms with Gasteiger partial charge in [0.25, 0.3) is 11.8 Å². The van der Waals surface area contributed by atoms with Gasteiger partial charge in [0.05, 0.1) is 12.3 Å². The van der Waals surface area contributed by atoms with Gasteiger partial charge in [0, 0.05) is 16.7 Å². The van der Waals surface area contributed by atoms with Gasteiger partial charge in [0.15, 0.2) is 0 Å². The third kappa shape index (κ3) is 4.20. The number of anilines is 1. The predicted octanol–water partition coefficient (Wildman–Crippen LogP) is 4.26. The van der Waals surface area contributed by atoms with Gasteiger partial charge in [-0.1, -0.05) is 42.5 Å². The Morgan fingerprint density at radius 1 is 0.931 bits per heavy atom. The smallest absolute Gasteiger partial charge is 0.265 e. The Kier molecular flexibility index (Phi) is 5.40. The minimum atomic E-state index is -0.393. The van der Waals surface area contributed by atoms with Crippen molar-refractivity contribution in [1.82, 2.24) is 0 Å². The second-order valence-electron chi connectivity index (χ2n) is 6.84. The summed E-state index contributed by atoms with van der Waals surface area (Å²) >= 11 is 0. The van der Waals surface area contributed by atoms with Crippen LogP contribution in [-0.2, 0) is 4.74 Å². The molecule has 1 aliphatic heterocycles. The van der Waals surface area contributed by atoms with Crippen molar-refractivity contribution in [3.63, 3.8) is 0 Å². The molecule has 1 aliphatic rings. The molecule has 0 N–H and O–H groups in total. The fraction of sp³-hybridized carbons (Fsp3) is 0.167. The van der Waals surface area contributed by atoms with Gasteiger partial charge in [-0.15, -0.1) is 0 Å². The van der Waals surface area contributed by atoms with E-state index in [9.17, 15) is 9.59 Å². The topological polar surface area (TPSA) is 59.1 Å². The van der Waals surface area contributed by atoms with E-state index in [-0.39, 0.29) is 12.0 Å². The zero-order chi connectivity index (χ0) is 20.2. The minimum Gasteiger partial charge on any atom is -0.490 e. The van der Waals surface area contributed by atoms with Gasteiger partial charge in [-0.05, 0) is 43.3 Å². The Labute approximate surface area is 169 Å². The van der Waals surface area contributed by atoms with Crippen molar-refractivity contribution in [2.24, 2.45) is 0 Å². The summed E-state index contributed by atoms with van der Waals surface area (Å²) in [5.41, 5.74) is 2.08. The maximum atomic E-state index is 13.5. The number of nitrogens with zero attached hydrogens (tertiary/aromatic N) is 1. The van der Waals surface area contributed by atoms with Crippen LogP contribution in [0.4, 0.5) is 5.69 Å². The quantitative estimate of drug-likeness (QED) is 0.468. The summed E-state index contributed by atoms with van der Waals surface area (Å²) in [5, 5.41) is 0. The van der Waals surface area contributed by atoms with Gasteiger partial charge in [-0.3, -0.25) is 9.59 Å². The molecule has 0 aromatic heterocycles. The number of hydrogen-bond donors (Lipinski definition) is 0. The lowest BCUT2D eigenvalue weighted by atomic mass is 10.0. The van der Waals surface area contributed by atoms with E-state index in [0.717, 1.165) is 0 Å². The number of ether oxygens (including phenoxy) is 2. The molecule has 0 aliphatic carbocycles. The minimum absolute atomic E-state index is 0.120. The number of rotatable bonds is 6. The van der Waals surface area contributed by atoms with E-state index in [0.29, 0.717) is 41.3 Å². The lowest BCUT2D eigenvalue weighted by Gasteiger charge is -2.22. The van der Waals surface area contributed by atoms with Crippen LogP contribution in [0.2, 0.25) is 0 Å². The van der Waals surface area contributed by atoms with Crippen molar-refractivity contribution in [3.05, 3.63) is 95.6 Å². The normalized spacial score (nSPS) is 14.9. The fourth-order valence-electron chi connectivity index (χ4n) is 3.08. The third-order valence-electron chi connectivity index (χ3n) is 4.78. The summed E-state index contributed by atoms with van der Waals surface area (Å²) in [6.45, 7) is 2.97. The molecule has 3 aromatic carbocycles. The molecule has 2 amide bonds. The highest BCUT2D eigenvalue weighted by Gasteiger charge is 2.28. The van der Waals surface area contributed by atoms with Crippen molar-refractivity contribution in [1.29, 1.82) is 0 Å². The number of amides is 2. The van der Waals surface area contributed by atoms with Crippen molar-refractivity contribution in [2.45, 2.75) is 13.0 Å². The molecule has 5 nitrogen and oxygen atoms in total. The Bertz CT molecular complexity index is 1010. The number of epoxide rings is 1. The Hall–Kier alpha value is -3.44. The van der Waals surface area contributed by atoms with Crippen molar-refractivity contribution >= 4 is 17.5 Å². The molecule has 0 spiro atoms. The molecule has 0 radical (unpaired) electrons. The van der Waals surface area contributed by atoms with E-state index in [1.807, 2.05) is 25.1 Å². The summed E-state index contributed by atoms with van der Waals surface area (Å²) in [5.74, 6) is -0.152. The summed E-state index contributed by atoms with van der Waals surface area (Å²) in [4.78, 5) is 28.0. The maximum Gasteiger partial charge on any atom is 0.265 e. The van der Waals surface area contributed by atoms with Crippen molar-refractivity contribution in [2.75, 3.05) is 18.1 Å². The van der Waals surface area contributed by atoms with Crippen LogP contribution in [0.15, 0.2) is 78.9 Å². The third-order valence-corrected chi connectivity index (χ3v) is 4.78. The maximum absolute atomic E-state index is 13.5. The number of imide groups is 1. The highest BCUT2D eigenvalue weighted by molar-refractivity contribution is 6.26. The monoisotopic (exact) mass is 387 g/mol. The fourth-order valence-corrected chi connectivity index (χ4v) is 3.08. The highest BCUT2D eigenvalue weighted by Crippen LogP contribution is 2.27. The van der Waals surface area contributed by atoms with E-state index in [2.05, 4.69) is 0 Å². The van der Waals surface area contributed by atoms with Gasteiger partial charge in [0.1, 0.15) is 18.5 Å². The van der Waals surface area contributed by atoms with Crippen LogP contribution in [-0.4, -0.2) is 31.1 Å². The van der Waals surface area contributed by atoms with Crippen LogP contribution >= 0.6 is 0 Å². The Balaban J connectivity index is 1.70. The number of para-hydroxylation sites is 1. The largest absolute Gasteiger partial charge is 0.490 e. The van der Waals surface area contributed by atoms with E-state index in [4.69, 9.17) is 9.47 Å². The molecule has 3 aromatic rings. The predicted molar refractivity (Wildman–Crippen MR) is 110 cm³/mol. The summed E-state index contributed by atoms with van der Waals surface area (Å²) in [6.07, 6.45) is 0.120. The number of carbonyl (C=O) groups excluding carboxylic acids is 2. The molecular formula is C24H21NO4. The molecule has 1 heterocycles. The molecule has 1 unspecified atom stereocenters. The average Bonchev–Trinajstić information content (AvgIpc) is 3.59. The standard InChI is InChI=1S/C24H21NO4/c1-17-21(13-8-14-22(17)29-16-20-15-28-20)24(27)25(19-11-6-3-7-12-19)23(26)18-9-4-2-5-10-18/h2-14,20H,15-16H2,1H3. The second kappa shape index (κ2) is 8.29. The Morgan fingerprint density at radius 3 is 2.24 bits per heavy atom. The first kappa shape index (κ1) is 18.9. The summed E-state index contributed by atoms with van der Waals surface area (Å²) in [7, 11) is 0. The second-order valence-corrected chi connectivity index (χ2v) is 6.84. The molecule has 0 saturated carbocycles. The number of benzene rings is 3. The van der Waals surface area contributed by atoms with E-state index in [1.165, 1.54) is 4.90 Å². The van der Waals surface area contributed by atoms with Crippen LogP contribution in [0.25, 0.3) is 0 Å². The van der Waals surface area contributed by atoms with Gasteiger partial charge in [0.2, 0.25) is 0 Å². The summed E-state index contributed by atoms with van der Waals surface area (Å²) in [6, 6.07) is 23.0. The van der Waals surface area contributed by atoms with E-state index >= 15 is 0 Å². The van der Waals surface area contributed by atoms with Gasteiger partial charge in [-0.25, -0.2) is 4.90 Å². The molecule has 4 rings (SSSR count). The van der Waals surface area contributed by atoms with Crippen LogP contribution in [0.5, 0.6) is 5.75 Å². The van der Waals surface area contributed by atoms with Crippen LogP contribution < -0.4 is 9.64 Å². The number of carbonyl (C=O) groups is 2. The van der Waals surface area contributed by atoms with E-state index in [1.54, 1.807) is 60.7 Å². The van der Waals surface area contributed by atoms with Crippen LogP contribution in [0.1, 0.15) is 26.3 Å². The SMILES string of the molecule is Cc1c(OCC2CO2)cccc1C(=O)N(C(=O)c1ccccc1)c1ccccc1. The first-order valence-corrected chi connectivity index (χ1v) is 9.48. The zero-order valence-corrected chi connectivity index (χ0v) is 16.1. The van der Waals surface area contributed by atoms with Gasteiger partial charge < -0.3 is 9.47 Å². The van der Waals surface area contributed by atoms with Crippen molar-refractivity contribution < 1.29 is 19.1 Å². The lowest BCUT2D eigenvalue weighted by molar-refractivity contribution is 0.0897. The molecule has 1 atom stereocenters. The molecule has 1 saturated heterocycles. The molecule has 5 heteroatoms. The molecular weight excluding hydrogens is 366 g/mol. The first-order chi connectivity index (χ1) is 14.1. The van der Waals surface area contributed by atoms with Crippen LogP contribution in [0, 0.1) is 6.92 Å².